The maximum absolute atomic E-state index is 6.49. The van der Waals surface area contributed by atoms with Crippen LogP contribution in [0.3, 0.4) is 0 Å². The predicted molar refractivity (Wildman–Crippen MR) is 88.4 cm³/mol. The molecule has 1 aliphatic rings. The van der Waals surface area contributed by atoms with Crippen LogP contribution < -0.4 is 10.5 Å². The first-order chi connectivity index (χ1) is 9.92. The molecule has 2 atom stereocenters. The maximum atomic E-state index is 6.49. The molecule has 0 bridgehead atoms. The normalized spacial score (nSPS) is 25.0. The molecule has 1 aromatic carbocycles. The lowest BCUT2D eigenvalue weighted by molar-refractivity contribution is 0.109. The van der Waals surface area contributed by atoms with Crippen molar-refractivity contribution in [1.29, 1.82) is 0 Å². The molecule has 3 heteroatoms. The quantitative estimate of drug-likeness (QED) is 0.904. The molecule has 0 radical (unpaired) electrons. The van der Waals surface area contributed by atoms with Crippen molar-refractivity contribution < 1.29 is 4.74 Å². The summed E-state index contributed by atoms with van der Waals surface area (Å²) in [6.45, 7) is 6.67. The highest BCUT2D eigenvalue weighted by Gasteiger charge is 2.36. The molecule has 0 aromatic heterocycles. The summed E-state index contributed by atoms with van der Waals surface area (Å²) in [5, 5.41) is 0. The van der Waals surface area contributed by atoms with Gasteiger partial charge in [-0.3, -0.25) is 0 Å². The Labute approximate surface area is 129 Å². The van der Waals surface area contributed by atoms with Crippen LogP contribution in [0, 0.1) is 11.3 Å². The predicted octanol–water partition coefficient (Wildman–Crippen LogP) is 3.28. The number of ether oxygens (including phenoxy) is 1. The molecule has 1 aliphatic carbocycles. The first-order valence-corrected chi connectivity index (χ1v) is 7.99. The summed E-state index contributed by atoms with van der Waals surface area (Å²) < 4.78 is 5.20. The van der Waals surface area contributed by atoms with Gasteiger partial charge in [0.05, 0.1) is 7.11 Å². The fourth-order valence-corrected chi connectivity index (χ4v) is 3.52. The highest BCUT2D eigenvalue weighted by atomic mass is 16.5. The molecule has 1 saturated carbocycles. The highest BCUT2D eigenvalue weighted by Crippen LogP contribution is 2.38. The molecule has 21 heavy (non-hydrogen) atoms. The van der Waals surface area contributed by atoms with E-state index < -0.39 is 0 Å². The molecule has 0 saturated heterocycles. The van der Waals surface area contributed by atoms with Crippen molar-refractivity contribution in [2.75, 3.05) is 20.7 Å². The monoisotopic (exact) mass is 290 g/mol. The Bertz CT molecular complexity index is 441. The molecule has 0 spiro atoms. The smallest absolute Gasteiger partial charge is 0.118 e. The minimum Gasteiger partial charge on any atom is -0.497 e. The van der Waals surface area contributed by atoms with E-state index >= 15 is 0 Å². The van der Waals surface area contributed by atoms with Gasteiger partial charge in [0, 0.05) is 19.1 Å². The average Bonchev–Trinajstić information content (AvgIpc) is 2.45. The summed E-state index contributed by atoms with van der Waals surface area (Å²) in [5.74, 6) is 1.52. The third kappa shape index (κ3) is 4.21. The van der Waals surface area contributed by atoms with Gasteiger partial charge in [0.25, 0.3) is 0 Å². The Morgan fingerprint density at radius 2 is 1.95 bits per heavy atom. The second-order valence-electron chi connectivity index (χ2n) is 7.21. The highest BCUT2D eigenvalue weighted by molar-refractivity contribution is 5.27. The van der Waals surface area contributed by atoms with E-state index in [-0.39, 0.29) is 5.41 Å². The maximum Gasteiger partial charge on any atom is 0.118 e. The van der Waals surface area contributed by atoms with Gasteiger partial charge < -0.3 is 15.4 Å². The number of nitrogens with zero attached hydrogens (tertiary/aromatic N) is 1. The van der Waals surface area contributed by atoms with Crippen LogP contribution in [-0.2, 0) is 6.54 Å². The minimum absolute atomic E-state index is 0.282. The van der Waals surface area contributed by atoms with E-state index in [1.54, 1.807) is 7.11 Å². The molecule has 2 rings (SSSR count). The van der Waals surface area contributed by atoms with Crippen molar-refractivity contribution in [3.63, 3.8) is 0 Å². The first-order valence-electron chi connectivity index (χ1n) is 7.99. The number of hydrogen-bond acceptors (Lipinski definition) is 3. The molecule has 2 N–H and O–H groups in total. The van der Waals surface area contributed by atoms with Crippen LogP contribution in [0.25, 0.3) is 0 Å². The lowest BCUT2D eigenvalue weighted by Crippen LogP contribution is -2.49. The van der Waals surface area contributed by atoms with Crippen molar-refractivity contribution in [3.8, 4) is 5.75 Å². The van der Waals surface area contributed by atoms with Gasteiger partial charge in [-0.15, -0.1) is 0 Å². The van der Waals surface area contributed by atoms with Crippen LogP contribution in [0.5, 0.6) is 5.75 Å². The van der Waals surface area contributed by atoms with E-state index in [0.29, 0.717) is 12.0 Å². The van der Waals surface area contributed by atoms with E-state index in [2.05, 4.69) is 37.9 Å². The van der Waals surface area contributed by atoms with Crippen molar-refractivity contribution in [3.05, 3.63) is 29.8 Å². The third-order valence-corrected chi connectivity index (χ3v) is 4.96. The molecule has 118 valence electrons. The van der Waals surface area contributed by atoms with Crippen LogP contribution in [0.15, 0.2) is 24.3 Å². The van der Waals surface area contributed by atoms with Crippen molar-refractivity contribution >= 4 is 0 Å². The van der Waals surface area contributed by atoms with Crippen molar-refractivity contribution in [1.82, 2.24) is 4.90 Å². The fraction of sp³-hybridized carbons (Fsp3) is 0.667. The average molecular weight is 290 g/mol. The molecule has 1 fully saturated rings. The van der Waals surface area contributed by atoms with Crippen LogP contribution in [0.1, 0.15) is 38.7 Å². The summed E-state index contributed by atoms with van der Waals surface area (Å²) >= 11 is 0. The Balaban J connectivity index is 1.90. The summed E-state index contributed by atoms with van der Waals surface area (Å²) in [6.07, 6.45) is 3.83. The largest absolute Gasteiger partial charge is 0.497 e. The Kier molecular flexibility index (Phi) is 5.28. The Hall–Kier alpha value is -1.06. The van der Waals surface area contributed by atoms with Crippen LogP contribution >= 0.6 is 0 Å². The molecule has 3 nitrogen and oxygen atoms in total. The lowest BCUT2D eigenvalue weighted by Gasteiger charge is -2.43. The van der Waals surface area contributed by atoms with Crippen LogP contribution in [-0.4, -0.2) is 31.6 Å². The zero-order valence-electron chi connectivity index (χ0n) is 13.9. The van der Waals surface area contributed by atoms with E-state index in [9.17, 15) is 0 Å². The topological polar surface area (TPSA) is 38.5 Å². The summed E-state index contributed by atoms with van der Waals surface area (Å²) in [4.78, 5) is 2.40. The number of rotatable bonds is 5. The standard InChI is InChI=1S/C18H30N2O/c1-18(2)11-5-6-15(17(18)19)13-20(3)12-14-7-9-16(21-4)10-8-14/h7-10,15,17H,5-6,11-13,19H2,1-4H3. The summed E-state index contributed by atoms with van der Waals surface area (Å²) in [5.41, 5.74) is 8.10. The van der Waals surface area contributed by atoms with Gasteiger partial charge in [-0.05, 0) is 48.9 Å². The van der Waals surface area contributed by atoms with E-state index in [4.69, 9.17) is 10.5 Å². The lowest BCUT2D eigenvalue weighted by atomic mass is 9.68. The number of methoxy groups -OCH3 is 1. The molecule has 0 amide bonds. The molecular weight excluding hydrogens is 260 g/mol. The summed E-state index contributed by atoms with van der Waals surface area (Å²) in [7, 11) is 3.89. The second-order valence-corrected chi connectivity index (χ2v) is 7.21. The zero-order valence-corrected chi connectivity index (χ0v) is 13.9. The van der Waals surface area contributed by atoms with E-state index in [1.807, 2.05) is 12.1 Å². The Morgan fingerprint density at radius 1 is 1.29 bits per heavy atom. The van der Waals surface area contributed by atoms with Gasteiger partial charge >= 0.3 is 0 Å². The van der Waals surface area contributed by atoms with Crippen molar-refractivity contribution in [2.45, 2.75) is 45.7 Å². The van der Waals surface area contributed by atoms with E-state index in [1.165, 1.54) is 24.8 Å². The van der Waals surface area contributed by atoms with Crippen LogP contribution in [0.4, 0.5) is 0 Å². The second kappa shape index (κ2) is 6.80. The zero-order chi connectivity index (χ0) is 15.5. The Morgan fingerprint density at radius 3 is 2.57 bits per heavy atom. The molecule has 2 unspecified atom stereocenters. The molecule has 0 heterocycles. The number of hydrogen-bond donors (Lipinski definition) is 1. The van der Waals surface area contributed by atoms with Gasteiger partial charge in [0.15, 0.2) is 0 Å². The number of nitrogens with two attached hydrogens (primary N) is 1. The van der Waals surface area contributed by atoms with Crippen LogP contribution in [0.2, 0.25) is 0 Å². The van der Waals surface area contributed by atoms with Gasteiger partial charge in [0.2, 0.25) is 0 Å². The van der Waals surface area contributed by atoms with Gasteiger partial charge in [0.1, 0.15) is 5.75 Å². The molecule has 1 aromatic rings. The summed E-state index contributed by atoms with van der Waals surface area (Å²) in [6, 6.07) is 8.64. The number of benzene rings is 1. The molecule has 0 aliphatic heterocycles. The third-order valence-electron chi connectivity index (χ3n) is 4.96. The van der Waals surface area contributed by atoms with Crippen molar-refractivity contribution in [2.24, 2.45) is 17.1 Å². The molecular formula is C18H30N2O. The van der Waals surface area contributed by atoms with Gasteiger partial charge in [-0.2, -0.15) is 0 Å². The fourth-order valence-electron chi connectivity index (χ4n) is 3.52. The van der Waals surface area contributed by atoms with E-state index in [0.717, 1.165) is 18.8 Å². The van der Waals surface area contributed by atoms with Gasteiger partial charge in [-0.25, -0.2) is 0 Å². The first kappa shape index (κ1) is 16.3. The minimum atomic E-state index is 0.282. The SMILES string of the molecule is COc1ccc(CN(C)CC2CCCC(C)(C)C2N)cc1. The van der Waals surface area contributed by atoms with Gasteiger partial charge in [-0.1, -0.05) is 32.4 Å².